The summed E-state index contributed by atoms with van der Waals surface area (Å²) in [4.78, 5) is 23.6. The van der Waals surface area contributed by atoms with E-state index in [0.29, 0.717) is 17.3 Å². The minimum Gasteiger partial charge on any atom is -0.484 e. The number of ether oxygens (including phenoxy) is 2. The number of amides is 2. The van der Waals surface area contributed by atoms with Crippen LogP contribution in [0.25, 0.3) is 0 Å². The molecule has 0 aliphatic heterocycles. The van der Waals surface area contributed by atoms with Crippen LogP contribution in [0.5, 0.6) is 5.75 Å². The molecule has 2 N–H and O–H groups in total. The number of hydrogen-bond donors (Lipinski definition) is 2. The molecule has 0 radical (unpaired) electrons. The smallest absolute Gasteiger partial charge is 0.411 e. The maximum atomic E-state index is 12.0. The second-order valence-corrected chi connectivity index (χ2v) is 9.31. The van der Waals surface area contributed by atoms with Gasteiger partial charge in [0, 0.05) is 17.1 Å². The zero-order valence-corrected chi connectivity index (χ0v) is 18.5. The molecule has 3 aliphatic carbocycles. The van der Waals surface area contributed by atoms with Gasteiger partial charge in [-0.2, -0.15) is 13.2 Å². The van der Waals surface area contributed by atoms with Crippen molar-refractivity contribution >= 4 is 23.4 Å². The van der Waals surface area contributed by atoms with Crippen LogP contribution in [-0.4, -0.2) is 49.9 Å². The fourth-order valence-corrected chi connectivity index (χ4v) is 4.87. The minimum atomic E-state index is -4.42. The summed E-state index contributed by atoms with van der Waals surface area (Å²) >= 11 is 5.80. The van der Waals surface area contributed by atoms with Crippen LogP contribution in [0.2, 0.25) is 5.02 Å². The van der Waals surface area contributed by atoms with Gasteiger partial charge < -0.3 is 20.1 Å². The highest BCUT2D eigenvalue weighted by molar-refractivity contribution is 6.30. The Morgan fingerprint density at radius 2 is 1.69 bits per heavy atom. The molecular formula is C22H28ClF3N2O4. The Morgan fingerprint density at radius 3 is 2.34 bits per heavy atom. The van der Waals surface area contributed by atoms with Crippen LogP contribution in [0.4, 0.5) is 13.2 Å². The van der Waals surface area contributed by atoms with E-state index < -0.39 is 25.3 Å². The van der Waals surface area contributed by atoms with E-state index in [-0.39, 0.29) is 23.5 Å². The molecule has 0 heterocycles. The van der Waals surface area contributed by atoms with E-state index in [2.05, 4.69) is 15.4 Å². The molecule has 32 heavy (non-hydrogen) atoms. The average molecular weight is 477 g/mol. The topological polar surface area (TPSA) is 76.7 Å². The van der Waals surface area contributed by atoms with Crippen molar-refractivity contribution < 1.29 is 32.2 Å². The molecule has 178 valence electrons. The van der Waals surface area contributed by atoms with Crippen molar-refractivity contribution in [1.29, 1.82) is 0 Å². The van der Waals surface area contributed by atoms with Gasteiger partial charge in [-0.3, -0.25) is 9.59 Å². The van der Waals surface area contributed by atoms with Crippen molar-refractivity contribution in [3.63, 3.8) is 0 Å². The van der Waals surface area contributed by atoms with Crippen molar-refractivity contribution in [2.24, 2.45) is 5.41 Å². The number of unbranched alkanes of at least 4 members (excludes halogenated alkanes) is 2. The van der Waals surface area contributed by atoms with Crippen molar-refractivity contribution in [2.75, 3.05) is 26.4 Å². The van der Waals surface area contributed by atoms with E-state index in [0.717, 1.165) is 44.9 Å². The Balaban J connectivity index is 1.17. The van der Waals surface area contributed by atoms with Gasteiger partial charge in [-0.15, -0.1) is 0 Å². The number of carbonyl (C=O) groups excluding carboxylic acids is 2. The number of carbonyl (C=O) groups is 2. The molecule has 0 aromatic heterocycles. The van der Waals surface area contributed by atoms with Gasteiger partial charge in [0.15, 0.2) is 6.61 Å². The molecule has 0 atom stereocenters. The summed E-state index contributed by atoms with van der Waals surface area (Å²) in [6, 6.07) is 6.81. The van der Waals surface area contributed by atoms with Gasteiger partial charge >= 0.3 is 6.18 Å². The third kappa shape index (κ3) is 7.27. The van der Waals surface area contributed by atoms with E-state index in [1.54, 1.807) is 24.3 Å². The molecule has 6 nitrogen and oxygen atoms in total. The Bertz CT molecular complexity index is 782. The van der Waals surface area contributed by atoms with Crippen molar-refractivity contribution in [3.8, 4) is 5.75 Å². The Labute approximate surface area is 190 Å². The molecule has 3 fully saturated rings. The van der Waals surface area contributed by atoms with Crippen LogP contribution in [0, 0.1) is 5.41 Å². The van der Waals surface area contributed by atoms with Gasteiger partial charge in [-0.1, -0.05) is 24.4 Å². The van der Waals surface area contributed by atoms with E-state index in [4.69, 9.17) is 16.3 Å². The molecule has 3 aliphatic rings. The molecule has 1 aromatic carbocycles. The summed E-state index contributed by atoms with van der Waals surface area (Å²) in [6.45, 7) is -1.43. The highest BCUT2D eigenvalue weighted by Crippen LogP contribution is 2.69. The third-order valence-corrected chi connectivity index (χ3v) is 6.19. The Morgan fingerprint density at radius 1 is 1.00 bits per heavy atom. The third-order valence-electron chi connectivity index (χ3n) is 5.93. The summed E-state index contributed by atoms with van der Waals surface area (Å²) < 4.78 is 45.9. The molecular weight excluding hydrogens is 449 g/mol. The van der Waals surface area contributed by atoms with E-state index in [1.165, 1.54) is 0 Å². The first-order valence-corrected chi connectivity index (χ1v) is 11.1. The van der Waals surface area contributed by atoms with E-state index in [9.17, 15) is 22.8 Å². The van der Waals surface area contributed by atoms with Crippen LogP contribution < -0.4 is 15.4 Å². The number of rotatable bonds is 13. The maximum Gasteiger partial charge on any atom is 0.411 e. The first kappa shape index (κ1) is 24.6. The quantitative estimate of drug-likeness (QED) is 0.422. The Hall–Kier alpha value is -2.00. The standard InChI is InChI=1S/C22H28ClF3N2O4/c23-16-4-6-17(7-5-16)32-11-18(29)27-9-3-1-2-8-20-12-21(13-20,14-20)28-19(30)10-31-15-22(24,25)26/h4-7H,1-3,8-15H2,(H,27,29)(H,28,30). The first-order chi connectivity index (χ1) is 15.1. The van der Waals surface area contributed by atoms with Crippen molar-refractivity contribution in [1.82, 2.24) is 10.6 Å². The summed E-state index contributed by atoms with van der Waals surface area (Å²) in [7, 11) is 0. The predicted octanol–water partition coefficient (Wildman–Crippen LogP) is 4.01. The number of hydrogen-bond acceptors (Lipinski definition) is 4. The Kier molecular flexibility index (Phi) is 7.92. The van der Waals surface area contributed by atoms with Crippen LogP contribution in [-0.2, 0) is 14.3 Å². The molecule has 0 saturated heterocycles. The van der Waals surface area contributed by atoms with Crippen molar-refractivity contribution in [2.45, 2.75) is 56.7 Å². The zero-order valence-electron chi connectivity index (χ0n) is 17.7. The largest absolute Gasteiger partial charge is 0.484 e. The summed E-state index contributed by atoms with van der Waals surface area (Å²) in [6.07, 6.45) is 2.18. The highest BCUT2D eigenvalue weighted by atomic mass is 35.5. The van der Waals surface area contributed by atoms with Gasteiger partial charge in [0.1, 0.15) is 19.0 Å². The number of halogens is 4. The predicted molar refractivity (Wildman–Crippen MR) is 112 cm³/mol. The molecule has 4 rings (SSSR count). The van der Waals surface area contributed by atoms with Gasteiger partial charge in [-0.25, -0.2) is 0 Å². The molecule has 10 heteroatoms. The van der Waals surface area contributed by atoms with E-state index in [1.807, 2.05) is 0 Å². The molecule has 1 aromatic rings. The molecule has 0 unspecified atom stereocenters. The monoisotopic (exact) mass is 476 g/mol. The summed E-state index contributed by atoms with van der Waals surface area (Å²) in [5, 5.41) is 6.26. The van der Waals surface area contributed by atoms with Crippen LogP contribution in [0.3, 0.4) is 0 Å². The van der Waals surface area contributed by atoms with Gasteiger partial charge in [0.05, 0.1) is 0 Å². The average Bonchev–Trinajstić information content (AvgIpc) is 2.66. The van der Waals surface area contributed by atoms with Gasteiger partial charge in [0.2, 0.25) is 5.91 Å². The second kappa shape index (κ2) is 10.3. The fraction of sp³-hybridized carbons (Fsp3) is 0.636. The van der Waals surface area contributed by atoms with E-state index >= 15 is 0 Å². The minimum absolute atomic E-state index is 0.0419. The lowest BCUT2D eigenvalue weighted by molar-refractivity contribution is -0.183. The lowest BCUT2D eigenvalue weighted by Crippen LogP contribution is -2.74. The van der Waals surface area contributed by atoms with Crippen LogP contribution in [0.15, 0.2) is 24.3 Å². The summed E-state index contributed by atoms with van der Waals surface area (Å²) in [5.41, 5.74) is 0.0203. The van der Waals surface area contributed by atoms with Crippen LogP contribution >= 0.6 is 11.6 Å². The molecule has 3 saturated carbocycles. The van der Waals surface area contributed by atoms with Crippen LogP contribution in [0.1, 0.15) is 44.9 Å². The second-order valence-electron chi connectivity index (χ2n) is 8.87. The van der Waals surface area contributed by atoms with Crippen molar-refractivity contribution in [3.05, 3.63) is 29.3 Å². The highest BCUT2D eigenvalue weighted by Gasteiger charge is 2.67. The van der Waals surface area contributed by atoms with Gasteiger partial charge in [-0.05, 0) is 61.8 Å². The maximum absolute atomic E-state index is 12.0. The fourth-order valence-electron chi connectivity index (χ4n) is 4.75. The number of benzene rings is 1. The normalized spacial score (nSPS) is 23.6. The van der Waals surface area contributed by atoms with Gasteiger partial charge in [0.25, 0.3) is 5.91 Å². The molecule has 2 bridgehead atoms. The SMILES string of the molecule is O=C(COc1ccc(Cl)cc1)NCCCCCC12CC(NC(=O)COCC(F)(F)F)(C1)C2. The number of nitrogens with one attached hydrogen (secondary N) is 2. The molecule has 0 spiro atoms. The zero-order chi connectivity index (χ0) is 23.2. The number of alkyl halides is 3. The molecule has 2 amide bonds. The lowest BCUT2D eigenvalue weighted by atomic mass is 9.38. The first-order valence-electron chi connectivity index (χ1n) is 10.7. The lowest BCUT2D eigenvalue weighted by Gasteiger charge is -2.71. The summed E-state index contributed by atoms with van der Waals surface area (Å²) in [5.74, 6) is -0.0690.